The molecular formula is C10H11N3O4S2. The highest BCUT2D eigenvalue weighted by Gasteiger charge is 2.25. The van der Waals surface area contributed by atoms with Gasteiger partial charge in [0.25, 0.3) is 10.0 Å². The van der Waals surface area contributed by atoms with Crippen LogP contribution in [-0.4, -0.2) is 31.3 Å². The Morgan fingerprint density at radius 2 is 2.21 bits per heavy atom. The van der Waals surface area contributed by atoms with E-state index >= 15 is 0 Å². The number of methoxy groups -OCH3 is 1. The van der Waals surface area contributed by atoms with Gasteiger partial charge in [0.2, 0.25) is 0 Å². The Morgan fingerprint density at radius 3 is 2.79 bits per heavy atom. The van der Waals surface area contributed by atoms with Gasteiger partial charge in [0.1, 0.15) is 9.77 Å². The Balaban J connectivity index is 2.35. The molecule has 0 atom stereocenters. The molecule has 0 aromatic carbocycles. The van der Waals surface area contributed by atoms with E-state index in [2.05, 4.69) is 14.6 Å². The highest BCUT2D eigenvalue weighted by molar-refractivity contribution is 7.93. The number of ether oxygens (including phenoxy) is 1. The van der Waals surface area contributed by atoms with Crippen LogP contribution in [0.25, 0.3) is 0 Å². The SMILES string of the molecule is COC(=O)c1sccc1S(=O)(=O)Nc1ccn(C)n1. The Labute approximate surface area is 113 Å². The zero-order chi connectivity index (χ0) is 14.0. The molecule has 2 rings (SSSR count). The third-order valence-corrected chi connectivity index (χ3v) is 4.66. The number of hydrogen-bond acceptors (Lipinski definition) is 6. The molecule has 2 aromatic rings. The van der Waals surface area contributed by atoms with Crippen LogP contribution in [0.5, 0.6) is 0 Å². The number of aromatic nitrogens is 2. The third-order valence-electron chi connectivity index (χ3n) is 2.24. The molecule has 0 unspecified atom stereocenters. The molecule has 0 spiro atoms. The fourth-order valence-electron chi connectivity index (χ4n) is 1.41. The van der Waals surface area contributed by atoms with Crippen LogP contribution in [0.15, 0.2) is 28.6 Å². The van der Waals surface area contributed by atoms with E-state index in [9.17, 15) is 13.2 Å². The summed E-state index contributed by atoms with van der Waals surface area (Å²) < 4.78 is 32.6. The van der Waals surface area contributed by atoms with E-state index < -0.39 is 16.0 Å². The van der Waals surface area contributed by atoms with Gasteiger partial charge in [-0.3, -0.25) is 9.40 Å². The lowest BCUT2D eigenvalue weighted by molar-refractivity contribution is 0.0602. The Morgan fingerprint density at radius 1 is 1.47 bits per heavy atom. The van der Waals surface area contributed by atoms with Crippen molar-refractivity contribution in [1.29, 1.82) is 0 Å². The topological polar surface area (TPSA) is 90.3 Å². The van der Waals surface area contributed by atoms with Gasteiger partial charge >= 0.3 is 5.97 Å². The average Bonchev–Trinajstić information content (AvgIpc) is 2.97. The summed E-state index contributed by atoms with van der Waals surface area (Å²) in [4.78, 5) is 11.4. The molecule has 0 aliphatic heterocycles. The van der Waals surface area contributed by atoms with Gasteiger partial charge in [-0.2, -0.15) is 5.10 Å². The number of thiophene rings is 1. The zero-order valence-corrected chi connectivity index (χ0v) is 11.8. The minimum absolute atomic E-state index is 0.0333. The standard InChI is InChI=1S/C10H11N3O4S2/c1-13-5-3-8(11-13)12-19(15,16)7-4-6-18-9(7)10(14)17-2/h3-6H,1-2H3,(H,11,12). The van der Waals surface area contributed by atoms with E-state index in [0.717, 1.165) is 11.3 Å². The Hall–Kier alpha value is -1.87. The number of nitrogens with zero attached hydrogens (tertiary/aromatic N) is 2. The molecule has 0 aliphatic carbocycles. The molecule has 2 heterocycles. The van der Waals surface area contributed by atoms with Crippen molar-refractivity contribution in [2.45, 2.75) is 4.90 Å². The molecule has 102 valence electrons. The summed E-state index contributed by atoms with van der Waals surface area (Å²) in [6.45, 7) is 0. The van der Waals surface area contributed by atoms with Crippen molar-refractivity contribution in [2.24, 2.45) is 7.05 Å². The van der Waals surface area contributed by atoms with E-state index in [1.807, 2.05) is 0 Å². The number of nitrogens with one attached hydrogen (secondary N) is 1. The lowest BCUT2D eigenvalue weighted by Crippen LogP contribution is -2.16. The van der Waals surface area contributed by atoms with Crippen LogP contribution >= 0.6 is 11.3 Å². The van der Waals surface area contributed by atoms with Crippen molar-refractivity contribution < 1.29 is 17.9 Å². The van der Waals surface area contributed by atoms with Gasteiger partial charge in [-0.1, -0.05) is 0 Å². The van der Waals surface area contributed by atoms with Crippen LogP contribution in [0.2, 0.25) is 0 Å². The molecule has 0 saturated carbocycles. The number of anilines is 1. The van der Waals surface area contributed by atoms with E-state index in [1.165, 1.54) is 29.3 Å². The lowest BCUT2D eigenvalue weighted by atomic mass is 10.5. The number of carbonyl (C=O) groups excluding carboxylic acids is 1. The first-order chi connectivity index (χ1) is 8.94. The molecule has 0 saturated heterocycles. The van der Waals surface area contributed by atoms with Crippen LogP contribution in [0.1, 0.15) is 9.67 Å². The summed E-state index contributed by atoms with van der Waals surface area (Å²) in [6.07, 6.45) is 1.60. The van der Waals surface area contributed by atoms with Crippen LogP contribution in [0, 0.1) is 0 Å². The van der Waals surface area contributed by atoms with Gasteiger partial charge in [0.15, 0.2) is 5.82 Å². The fraction of sp³-hybridized carbons (Fsp3) is 0.200. The smallest absolute Gasteiger partial charge is 0.349 e. The first kappa shape index (κ1) is 13.6. The van der Waals surface area contributed by atoms with Gasteiger partial charge in [-0.25, -0.2) is 13.2 Å². The molecular weight excluding hydrogens is 290 g/mol. The fourth-order valence-corrected chi connectivity index (χ4v) is 3.75. The molecule has 0 radical (unpaired) electrons. The number of sulfonamides is 1. The van der Waals surface area contributed by atoms with Gasteiger partial charge in [0, 0.05) is 19.3 Å². The van der Waals surface area contributed by atoms with Crippen LogP contribution in [0.3, 0.4) is 0 Å². The molecule has 0 amide bonds. The largest absolute Gasteiger partial charge is 0.465 e. The number of carbonyl (C=O) groups is 1. The van der Waals surface area contributed by atoms with Gasteiger partial charge in [-0.15, -0.1) is 11.3 Å². The summed E-state index contributed by atoms with van der Waals surface area (Å²) in [6, 6.07) is 2.87. The number of hydrogen-bond donors (Lipinski definition) is 1. The second-order valence-electron chi connectivity index (χ2n) is 3.59. The molecule has 1 N–H and O–H groups in total. The van der Waals surface area contributed by atoms with Crippen molar-refractivity contribution in [1.82, 2.24) is 9.78 Å². The summed E-state index contributed by atoms with van der Waals surface area (Å²) >= 11 is 1.01. The molecule has 9 heteroatoms. The van der Waals surface area contributed by atoms with Crippen LogP contribution in [-0.2, 0) is 21.8 Å². The van der Waals surface area contributed by atoms with E-state index in [0.29, 0.717) is 0 Å². The first-order valence-corrected chi connectivity index (χ1v) is 7.48. The maximum absolute atomic E-state index is 12.2. The Bertz CT molecular complexity index is 702. The van der Waals surface area contributed by atoms with Crippen molar-refractivity contribution in [3.63, 3.8) is 0 Å². The normalized spacial score (nSPS) is 11.3. The zero-order valence-electron chi connectivity index (χ0n) is 10.2. The van der Waals surface area contributed by atoms with Crippen molar-refractivity contribution in [2.75, 3.05) is 11.8 Å². The highest BCUT2D eigenvalue weighted by atomic mass is 32.2. The van der Waals surface area contributed by atoms with E-state index in [4.69, 9.17) is 0 Å². The lowest BCUT2D eigenvalue weighted by Gasteiger charge is -2.05. The van der Waals surface area contributed by atoms with Crippen molar-refractivity contribution in [3.8, 4) is 0 Å². The van der Waals surface area contributed by atoms with Gasteiger partial charge in [0.05, 0.1) is 7.11 Å². The summed E-state index contributed by atoms with van der Waals surface area (Å²) in [5.74, 6) is -0.499. The number of esters is 1. The number of aryl methyl sites for hydroxylation is 1. The summed E-state index contributed by atoms with van der Waals surface area (Å²) in [5, 5.41) is 5.43. The van der Waals surface area contributed by atoms with Crippen molar-refractivity contribution in [3.05, 3.63) is 28.6 Å². The Kier molecular flexibility index (Phi) is 3.58. The monoisotopic (exact) mass is 301 g/mol. The quantitative estimate of drug-likeness (QED) is 0.853. The second kappa shape index (κ2) is 5.02. The van der Waals surface area contributed by atoms with Gasteiger partial charge < -0.3 is 4.74 Å². The van der Waals surface area contributed by atoms with Crippen LogP contribution in [0.4, 0.5) is 5.82 Å². The number of rotatable bonds is 4. The predicted octanol–water partition coefficient (Wildman–Crippen LogP) is 1.07. The average molecular weight is 301 g/mol. The molecule has 0 aliphatic rings. The maximum atomic E-state index is 12.2. The molecule has 2 aromatic heterocycles. The molecule has 0 fully saturated rings. The van der Waals surface area contributed by atoms with Gasteiger partial charge in [-0.05, 0) is 11.4 Å². The maximum Gasteiger partial charge on any atom is 0.349 e. The van der Waals surface area contributed by atoms with Crippen molar-refractivity contribution >= 4 is 33.1 Å². The summed E-state index contributed by atoms with van der Waals surface area (Å²) in [7, 11) is -0.991. The third kappa shape index (κ3) is 2.76. The minimum atomic E-state index is -3.86. The van der Waals surface area contributed by atoms with E-state index in [1.54, 1.807) is 13.2 Å². The van der Waals surface area contributed by atoms with Crippen LogP contribution < -0.4 is 4.72 Å². The first-order valence-electron chi connectivity index (χ1n) is 5.12. The molecule has 19 heavy (non-hydrogen) atoms. The second-order valence-corrected chi connectivity index (χ2v) is 6.15. The summed E-state index contributed by atoms with van der Waals surface area (Å²) in [5.41, 5.74) is 0. The van der Waals surface area contributed by atoms with E-state index in [-0.39, 0.29) is 15.6 Å². The molecule has 7 nitrogen and oxygen atoms in total. The minimum Gasteiger partial charge on any atom is -0.465 e. The molecule has 0 bridgehead atoms. The highest BCUT2D eigenvalue weighted by Crippen LogP contribution is 2.24. The predicted molar refractivity (Wildman–Crippen MR) is 69.7 cm³/mol.